The second-order valence-electron chi connectivity index (χ2n) is 7.30. The highest BCUT2D eigenvalue weighted by Gasteiger charge is 2.12. The Morgan fingerprint density at radius 2 is 1.67 bits per heavy atom. The van der Waals surface area contributed by atoms with Crippen molar-refractivity contribution in [2.45, 2.75) is 26.2 Å². The van der Waals surface area contributed by atoms with Crippen LogP contribution in [0.25, 0.3) is 0 Å². The van der Waals surface area contributed by atoms with Gasteiger partial charge in [-0.15, -0.1) is 0 Å². The molecule has 0 atom stereocenters. The Morgan fingerprint density at radius 1 is 0.833 bits per heavy atom. The summed E-state index contributed by atoms with van der Waals surface area (Å²) in [7, 11) is 1.71. The van der Waals surface area contributed by atoms with Crippen molar-refractivity contribution in [1.29, 1.82) is 0 Å². The van der Waals surface area contributed by atoms with Gasteiger partial charge in [0.15, 0.2) is 0 Å². The lowest BCUT2D eigenvalue weighted by Crippen LogP contribution is -2.23. The van der Waals surface area contributed by atoms with Gasteiger partial charge in [0, 0.05) is 43.8 Å². The van der Waals surface area contributed by atoms with Gasteiger partial charge in [0.25, 0.3) is 0 Å². The van der Waals surface area contributed by atoms with Crippen LogP contribution in [0.15, 0.2) is 91.4 Å². The number of pyridine rings is 1. The number of ether oxygens (including phenoxy) is 1. The lowest BCUT2D eigenvalue weighted by Gasteiger charge is -2.23. The number of hydrogen-bond acceptors (Lipinski definition) is 4. The molecule has 2 aromatic heterocycles. The number of benzene rings is 2. The molecular formula is C25H26N4O. The molecule has 0 saturated heterocycles. The zero-order chi connectivity index (χ0) is 20.6. The monoisotopic (exact) mass is 398 g/mol. The minimum atomic E-state index is 0.683. The number of rotatable bonds is 9. The molecule has 0 unspecified atom stereocenters. The molecule has 0 aliphatic rings. The van der Waals surface area contributed by atoms with Gasteiger partial charge in [-0.2, -0.15) is 5.10 Å². The van der Waals surface area contributed by atoms with Crippen molar-refractivity contribution in [2.24, 2.45) is 0 Å². The van der Waals surface area contributed by atoms with Crippen LogP contribution in [-0.2, 0) is 26.2 Å². The van der Waals surface area contributed by atoms with E-state index >= 15 is 0 Å². The van der Waals surface area contributed by atoms with Crippen LogP contribution in [0.3, 0.4) is 0 Å². The highest BCUT2D eigenvalue weighted by Crippen LogP contribution is 2.23. The average molecular weight is 399 g/mol. The molecule has 0 fully saturated rings. The zero-order valence-corrected chi connectivity index (χ0v) is 17.2. The second-order valence-corrected chi connectivity index (χ2v) is 7.30. The Bertz CT molecular complexity index is 992. The van der Waals surface area contributed by atoms with Crippen molar-refractivity contribution in [3.63, 3.8) is 0 Å². The van der Waals surface area contributed by atoms with E-state index in [1.165, 1.54) is 11.1 Å². The smallest absolute Gasteiger partial charge is 0.123 e. The summed E-state index contributed by atoms with van der Waals surface area (Å²) >= 11 is 0. The molecule has 4 rings (SSSR count). The first kappa shape index (κ1) is 19.9. The third kappa shape index (κ3) is 5.33. The van der Waals surface area contributed by atoms with Crippen molar-refractivity contribution in [1.82, 2.24) is 19.7 Å². The van der Waals surface area contributed by atoms with Crippen LogP contribution in [0.2, 0.25) is 0 Å². The Morgan fingerprint density at radius 3 is 2.40 bits per heavy atom. The molecule has 0 aliphatic carbocycles. The molecule has 4 aromatic rings. The molecule has 0 radical (unpaired) electrons. The first-order valence-electron chi connectivity index (χ1n) is 10.1. The van der Waals surface area contributed by atoms with Crippen LogP contribution in [-0.4, -0.2) is 26.8 Å². The van der Waals surface area contributed by atoms with Gasteiger partial charge in [0.05, 0.1) is 19.3 Å². The first-order chi connectivity index (χ1) is 14.8. The van der Waals surface area contributed by atoms with E-state index in [0.29, 0.717) is 6.54 Å². The molecule has 152 valence electrons. The predicted molar refractivity (Wildman–Crippen MR) is 118 cm³/mol. The van der Waals surface area contributed by atoms with Crippen molar-refractivity contribution in [2.75, 3.05) is 7.11 Å². The number of methoxy groups -OCH3 is 1. The Hall–Kier alpha value is -3.44. The van der Waals surface area contributed by atoms with E-state index in [2.05, 4.69) is 69.6 Å². The van der Waals surface area contributed by atoms with Crippen LogP contribution >= 0.6 is 0 Å². The standard InChI is InChI=1S/C25H26N4O/c1-30-25-12-11-22(16-23(25)19-29-15-7-14-27-29)18-28(17-21-8-3-2-4-9-21)20-24-10-5-6-13-26-24/h2-16H,17-20H2,1H3. The summed E-state index contributed by atoms with van der Waals surface area (Å²) in [6.07, 6.45) is 5.62. The quantitative estimate of drug-likeness (QED) is 0.415. The van der Waals surface area contributed by atoms with Gasteiger partial charge in [-0.3, -0.25) is 14.6 Å². The maximum Gasteiger partial charge on any atom is 0.123 e. The van der Waals surface area contributed by atoms with Crippen LogP contribution in [0, 0.1) is 0 Å². The fourth-order valence-corrected chi connectivity index (χ4v) is 3.61. The van der Waals surface area contributed by atoms with Gasteiger partial charge in [-0.25, -0.2) is 0 Å². The van der Waals surface area contributed by atoms with Crippen LogP contribution in [0.5, 0.6) is 5.75 Å². The van der Waals surface area contributed by atoms with Crippen LogP contribution in [0.4, 0.5) is 0 Å². The van der Waals surface area contributed by atoms with Crippen molar-refractivity contribution in [3.05, 3.63) is 114 Å². The SMILES string of the molecule is COc1ccc(CN(Cc2ccccc2)Cc2ccccn2)cc1Cn1cccn1. The summed E-state index contributed by atoms with van der Waals surface area (Å²) in [6, 6.07) is 25.0. The minimum absolute atomic E-state index is 0.683. The molecule has 0 bridgehead atoms. The Kier molecular flexibility index (Phi) is 6.52. The van der Waals surface area contributed by atoms with Gasteiger partial charge in [-0.05, 0) is 41.5 Å². The Balaban J connectivity index is 1.56. The van der Waals surface area contributed by atoms with Crippen molar-refractivity contribution >= 4 is 0 Å². The number of nitrogens with zero attached hydrogens (tertiary/aromatic N) is 4. The van der Waals surface area contributed by atoms with E-state index in [9.17, 15) is 0 Å². The maximum atomic E-state index is 5.58. The molecule has 2 heterocycles. The predicted octanol–water partition coefficient (Wildman–Crippen LogP) is 4.54. The highest BCUT2D eigenvalue weighted by molar-refractivity contribution is 5.37. The lowest BCUT2D eigenvalue weighted by molar-refractivity contribution is 0.244. The minimum Gasteiger partial charge on any atom is -0.496 e. The molecule has 5 heteroatoms. The van der Waals surface area contributed by atoms with E-state index in [1.54, 1.807) is 13.3 Å². The van der Waals surface area contributed by atoms with Gasteiger partial charge in [0.2, 0.25) is 0 Å². The zero-order valence-electron chi connectivity index (χ0n) is 17.2. The Labute approximate surface area is 177 Å². The first-order valence-corrected chi connectivity index (χ1v) is 10.1. The lowest BCUT2D eigenvalue weighted by atomic mass is 10.1. The normalized spacial score (nSPS) is 11.0. The molecular weight excluding hydrogens is 372 g/mol. The molecule has 0 N–H and O–H groups in total. The van der Waals surface area contributed by atoms with Crippen LogP contribution < -0.4 is 4.74 Å². The highest BCUT2D eigenvalue weighted by atomic mass is 16.5. The van der Waals surface area contributed by atoms with E-state index in [1.807, 2.05) is 35.3 Å². The van der Waals surface area contributed by atoms with Crippen LogP contribution in [0.1, 0.15) is 22.4 Å². The number of hydrogen-bond donors (Lipinski definition) is 0. The van der Waals surface area contributed by atoms with Gasteiger partial charge in [-0.1, -0.05) is 42.5 Å². The number of aromatic nitrogens is 3. The maximum absolute atomic E-state index is 5.58. The largest absolute Gasteiger partial charge is 0.496 e. The van der Waals surface area contributed by atoms with Gasteiger partial charge >= 0.3 is 0 Å². The third-order valence-corrected chi connectivity index (χ3v) is 5.00. The van der Waals surface area contributed by atoms with Crippen molar-refractivity contribution < 1.29 is 4.74 Å². The summed E-state index contributed by atoms with van der Waals surface area (Å²) < 4.78 is 7.49. The van der Waals surface area contributed by atoms with E-state index < -0.39 is 0 Å². The van der Waals surface area contributed by atoms with Crippen molar-refractivity contribution in [3.8, 4) is 5.75 Å². The van der Waals surface area contributed by atoms with Gasteiger partial charge in [0.1, 0.15) is 5.75 Å². The molecule has 0 saturated carbocycles. The fraction of sp³-hybridized carbons (Fsp3) is 0.200. The summed E-state index contributed by atoms with van der Waals surface area (Å²) in [6.45, 7) is 3.15. The van der Waals surface area contributed by atoms with E-state index in [-0.39, 0.29) is 0 Å². The fourth-order valence-electron chi connectivity index (χ4n) is 3.61. The van der Waals surface area contributed by atoms with E-state index in [0.717, 1.165) is 36.6 Å². The summed E-state index contributed by atoms with van der Waals surface area (Å²) in [5.74, 6) is 0.883. The third-order valence-electron chi connectivity index (χ3n) is 5.00. The molecule has 0 aliphatic heterocycles. The molecule has 0 amide bonds. The van der Waals surface area contributed by atoms with Gasteiger partial charge < -0.3 is 4.74 Å². The molecule has 2 aromatic carbocycles. The summed E-state index contributed by atoms with van der Waals surface area (Å²) in [4.78, 5) is 6.94. The summed E-state index contributed by atoms with van der Waals surface area (Å²) in [5, 5.41) is 4.33. The van der Waals surface area contributed by atoms with E-state index in [4.69, 9.17) is 4.74 Å². The molecule has 30 heavy (non-hydrogen) atoms. The molecule has 5 nitrogen and oxygen atoms in total. The topological polar surface area (TPSA) is 43.2 Å². The summed E-state index contributed by atoms with van der Waals surface area (Å²) in [5.41, 5.74) is 4.72. The molecule has 0 spiro atoms. The second kappa shape index (κ2) is 9.85. The average Bonchev–Trinajstić information content (AvgIpc) is 3.28.